The van der Waals surface area contributed by atoms with Crippen LogP contribution in [-0.4, -0.2) is 33.1 Å². The first-order chi connectivity index (χ1) is 14.6. The number of aliphatic hydroxyl groups excluding tert-OH is 2. The van der Waals surface area contributed by atoms with Crippen molar-refractivity contribution in [3.63, 3.8) is 0 Å². The Hall–Kier alpha value is -0.900. The van der Waals surface area contributed by atoms with Gasteiger partial charge in [-0.05, 0) is 93.5 Å². The van der Waals surface area contributed by atoms with Gasteiger partial charge in [-0.1, -0.05) is 63.5 Å². The maximum absolute atomic E-state index is 10.3. The monoisotopic (exact) mass is 430 g/mol. The van der Waals surface area contributed by atoms with E-state index in [2.05, 4.69) is 39.5 Å². The fraction of sp³-hybridized carbons (Fsp3) is 0.786. The fourth-order valence-electron chi connectivity index (χ4n) is 6.82. The summed E-state index contributed by atoms with van der Waals surface area (Å²) >= 11 is 0. The highest BCUT2D eigenvalue weighted by Gasteiger charge is 2.50. The summed E-state index contributed by atoms with van der Waals surface area (Å²) in [4.78, 5) is 0. The topological polar surface area (TPSA) is 60.7 Å². The minimum atomic E-state index is -0.616. The van der Waals surface area contributed by atoms with Crippen molar-refractivity contribution in [1.29, 1.82) is 0 Å². The second-order valence-corrected chi connectivity index (χ2v) is 11.4. The highest BCUT2D eigenvalue weighted by Crippen LogP contribution is 2.60. The number of hydrogen-bond acceptors (Lipinski definition) is 3. The highest BCUT2D eigenvalue weighted by molar-refractivity contribution is 5.29. The van der Waals surface area contributed by atoms with E-state index in [0.717, 1.165) is 30.8 Å². The van der Waals surface area contributed by atoms with Crippen LogP contribution in [0.15, 0.2) is 35.5 Å². The predicted molar refractivity (Wildman–Crippen MR) is 129 cm³/mol. The minimum Gasteiger partial charge on any atom is -0.390 e. The molecule has 0 spiro atoms. The number of rotatable bonds is 7. The molecular formula is C28H46O3. The first-order valence-corrected chi connectivity index (χ1v) is 12.7. The quantitative estimate of drug-likeness (QED) is 0.428. The van der Waals surface area contributed by atoms with Crippen molar-refractivity contribution in [3.8, 4) is 0 Å². The maximum Gasteiger partial charge on any atom is 0.0809 e. The van der Waals surface area contributed by atoms with Crippen molar-refractivity contribution in [2.24, 2.45) is 23.2 Å². The highest BCUT2D eigenvalue weighted by atomic mass is 16.3. The van der Waals surface area contributed by atoms with Crippen LogP contribution < -0.4 is 0 Å². The van der Waals surface area contributed by atoms with E-state index >= 15 is 0 Å². The zero-order valence-electron chi connectivity index (χ0n) is 20.4. The Labute approximate surface area is 190 Å². The summed E-state index contributed by atoms with van der Waals surface area (Å²) in [6, 6.07) is 0. The normalized spacial score (nSPS) is 38.1. The number of allylic oxidation sites excluding steroid dienone is 3. The Morgan fingerprint density at radius 2 is 1.87 bits per heavy atom. The average Bonchev–Trinajstić information content (AvgIpc) is 3.07. The molecule has 3 rings (SSSR count). The Balaban J connectivity index is 1.66. The van der Waals surface area contributed by atoms with Gasteiger partial charge in [0.15, 0.2) is 0 Å². The van der Waals surface area contributed by atoms with Crippen LogP contribution in [-0.2, 0) is 0 Å². The third-order valence-electron chi connectivity index (χ3n) is 9.16. The lowest BCUT2D eigenvalue weighted by atomic mass is 9.60. The van der Waals surface area contributed by atoms with Crippen molar-refractivity contribution in [1.82, 2.24) is 0 Å². The molecule has 0 radical (unpaired) electrons. The van der Waals surface area contributed by atoms with Gasteiger partial charge in [-0.15, -0.1) is 0 Å². The van der Waals surface area contributed by atoms with Gasteiger partial charge in [0.25, 0.3) is 0 Å². The fourth-order valence-corrected chi connectivity index (χ4v) is 6.82. The van der Waals surface area contributed by atoms with Gasteiger partial charge >= 0.3 is 0 Å². The van der Waals surface area contributed by atoms with Gasteiger partial charge in [-0.25, -0.2) is 0 Å². The molecule has 0 aromatic carbocycles. The Kier molecular flexibility index (Phi) is 7.92. The van der Waals surface area contributed by atoms with Crippen LogP contribution in [0, 0.1) is 23.2 Å². The predicted octanol–water partition coefficient (Wildman–Crippen LogP) is 6.09. The molecule has 0 aromatic heterocycles. The summed E-state index contributed by atoms with van der Waals surface area (Å²) in [5, 5.41) is 30.6. The van der Waals surface area contributed by atoms with Crippen LogP contribution in [0.4, 0.5) is 0 Å². The van der Waals surface area contributed by atoms with Crippen LogP contribution in [0.25, 0.3) is 0 Å². The Morgan fingerprint density at radius 3 is 2.52 bits per heavy atom. The van der Waals surface area contributed by atoms with Gasteiger partial charge < -0.3 is 15.3 Å². The van der Waals surface area contributed by atoms with E-state index < -0.39 is 17.8 Å². The minimum absolute atomic E-state index is 0.384. The van der Waals surface area contributed by atoms with Gasteiger partial charge in [0.2, 0.25) is 0 Å². The first kappa shape index (κ1) is 24.7. The van der Waals surface area contributed by atoms with E-state index in [4.69, 9.17) is 0 Å². The third-order valence-corrected chi connectivity index (χ3v) is 9.16. The van der Waals surface area contributed by atoms with E-state index in [-0.39, 0.29) is 0 Å². The molecule has 3 fully saturated rings. The maximum atomic E-state index is 10.3. The lowest BCUT2D eigenvalue weighted by Gasteiger charge is -2.44. The van der Waals surface area contributed by atoms with Crippen molar-refractivity contribution in [3.05, 3.63) is 35.5 Å². The number of hydrogen-bond donors (Lipinski definition) is 3. The van der Waals surface area contributed by atoms with E-state index in [1.165, 1.54) is 38.5 Å². The van der Waals surface area contributed by atoms with Gasteiger partial charge in [-0.3, -0.25) is 0 Å². The molecule has 0 heterocycles. The molecule has 3 nitrogen and oxygen atoms in total. The van der Waals surface area contributed by atoms with E-state index in [1.54, 1.807) is 5.57 Å². The van der Waals surface area contributed by atoms with Crippen LogP contribution >= 0.6 is 0 Å². The molecule has 3 heteroatoms. The van der Waals surface area contributed by atoms with E-state index in [0.29, 0.717) is 35.7 Å². The third kappa shape index (κ3) is 5.54. The van der Waals surface area contributed by atoms with Gasteiger partial charge in [0.1, 0.15) is 0 Å². The molecule has 31 heavy (non-hydrogen) atoms. The van der Waals surface area contributed by atoms with Crippen molar-refractivity contribution >= 4 is 0 Å². The van der Waals surface area contributed by atoms with Crippen LogP contribution in [0.2, 0.25) is 0 Å². The molecular weight excluding hydrogens is 384 g/mol. The average molecular weight is 431 g/mol. The van der Waals surface area contributed by atoms with Crippen molar-refractivity contribution in [2.75, 3.05) is 0 Å². The summed E-state index contributed by atoms with van der Waals surface area (Å²) in [6.45, 7) is 12.8. The standard InChI is InChI=1S/C28H46O3/c1-6-27(4,31)15-7-9-19(2)23-13-14-24-22(10-8-16-28(23,24)5)12-11-21-17-25(29)20(3)26(30)18-21/h11-12,19,23-26,29-31H,3,6-10,13-18H2,1-2,4-5H3/t19?,23?,24?,25-,26-,27?,28-/m1/s1. The second-order valence-electron chi connectivity index (χ2n) is 11.4. The van der Waals surface area contributed by atoms with Gasteiger partial charge in [0, 0.05) is 0 Å². The van der Waals surface area contributed by atoms with Crippen LogP contribution in [0.1, 0.15) is 98.3 Å². The van der Waals surface area contributed by atoms with Gasteiger partial charge in [-0.2, -0.15) is 0 Å². The van der Waals surface area contributed by atoms with Gasteiger partial charge in [0.05, 0.1) is 17.8 Å². The summed E-state index contributed by atoms with van der Waals surface area (Å²) < 4.78 is 0. The largest absolute Gasteiger partial charge is 0.390 e. The molecule has 176 valence electrons. The number of aliphatic hydroxyl groups is 3. The van der Waals surface area contributed by atoms with Crippen molar-refractivity contribution in [2.45, 2.75) is 116 Å². The second kappa shape index (κ2) is 9.93. The Bertz CT molecular complexity index is 687. The zero-order valence-corrected chi connectivity index (χ0v) is 20.4. The van der Waals surface area contributed by atoms with E-state index in [9.17, 15) is 15.3 Å². The summed E-state index contributed by atoms with van der Waals surface area (Å²) in [7, 11) is 0. The molecule has 3 aliphatic carbocycles. The molecule has 0 saturated heterocycles. The molecule has 0 bridgehead atoms. The summed E-state index contributed by atoms with van der Waals surface area (Å²) in [5.74, 6) is 2.13. The van der Waals surface area contributed by atoms with Crippen LogP contribution in [0.5, 0.6) is 0 Å². The molecule has 0 amide bonds. The van der Waals surface area contributed by atoms with Crippen LogP contribution in [0.3, 0.4) is 0 Å². The van der Waals surface area contributed by atoms with E-state index in [1.807, 2.05) is 6.92 Å². The smallest absolute Gasteiger partial charge is 0.0809 e. The summed E-state index contributed by atoms with van der Waals surface area (Å²) in [5.41, 5.74) is 3.15. The molecule has 0 aliphatic heterocycles. The Morgan fingerprint density at radius 1 is 1.19 bits per heavy atom. The zero-order chi connectivity index (χ0) is 22.8. The number of fused-ring (bicyclic) bond motifs is 1. The molecule has 3 aliphatic rings. The molecule has 3 saturated carbocycles. The van der Waals surface area contributed by atoms with Crippen molar-refractivity contribution < 1.29 is 15.3 Å². The molecule has 3 N–H and O–H groups in total. The summed E-state index contributed by atoms with van der Waals surface area (Å²) in [6.07, 6.45) is 14.9. The first-order valence-electron chi connectivity index (χ1n) is 12.7. The molecule has 4 unspecified atom stereocenters. The SMILES string of the molecule is C=C1[C@H](O)CC(=CC=C2CCC[C@@]3(C)C2CCC3C(C)CCCC(C)(O)CC)C[C@H]1O. The lowest BCUT2D eigenvalue weighted by Crippen LogP contribution is -2.36. The molecule has 0 aromatic rings. The lowest BCUT2D eigenvalue weighted by molar-refractivity contribution is 0.0393. The molecule has 7 atom stereocenters.